The molecule has 9 heteroatoms. The molecule has 0 amide bonds. The molecule has 0 aliphatic heterocycles. The van der Waals surface area contributed by atoms with Crippen LogP contribution in [0.2, 0.25) is 0 Å². The second-order valence-corrected chi connectivity index (χ2v) is 8.10. The Morgan fingerprint density at radius 1 is 1.23 bits per heavy atom. The minimum atomic E-state index is -3.73. The Morgan fingerprint density at radius 2 is 1.92 bits per heavy atom. The van der Waals surface area contributed by atoms with Crippen LogP contribution in [0, 0.1) is 10.1 Å². The summed E-state index contributed by atoms with van der Waals surface area (Å²) in [7, 11) is -0.0279. The summed E-state index contributed by atoms with van der Waals surface area (Å²) in [6.45, 7) is 0.423. The van der Waals surface area contributed by atoms with Gasteiger partial charge in [-0.2, -0.15) is 0 Å². The van der Waals surface area contributed by atoms with Crippen molar-refractivity contribution in [1.82, 2.24) is 9.55 Å². The minimum Gasteiger partial charge on any atom is -0.367 e. The van der Waals surface area contributed by atoms with E-state index in [9.17, 15) is 18.5 Å². The van der Waals surface area contributed by atoms with Crippen LogP contribution in [-0.4, -0.2) is 36.2 Å². The highest BCUT2D eigenvalue weighted by atomic mass is 32.2. The van der Waals surface area contributed by atoms with Gasteiger partial charge in [-0.1, -0.05) is 12.1 Å². The summed E-state index contributed by atoms with van der Waals surface area (Å²) in [4.78, 5) is 16.5. The second-order valence-electron chi connectivity index (χ2n) is 6.11. The lowest BCUT2D eigenvalue weighted by Crippen LogP contribution is -2.19. The number of rotatable bonds is 5. The molecular weight excluding hydrogens is 356 g/mol. The largest absolute Gasteiger partial charge is 0.367 e. The van der Waals surface area contributed by atoms with Gasteiger partial charge < -0.3 is 9.47 Å². The molecule has 0 spiro atoms. The van der Waals surface area contributed by atoms with E-state index in [0.717, 1.165) is 23.1 Å². The van der Waals surface area contributed by atoms with Crippen molar-refractivity contribution in [1.29, 1.82) is 0 Å². The molecule has 1 heterocycles. The van der Waals surface area contributed by atoms with Gasteiger partial charge in [-0.15, -0.1) is 0 Å². The molecule has 26 heavy (non-hydrogen) atoms. The summed E-state index contributed by atoms with van der Waals surface area (Å²) < 4.78 is 25.8. The number of nitro groups is 1. The van der Waals surface area contributed by atoms with Gasteiger partial charge in [0, 0.05) is 32.1 Å². The third-order valence-corrected chi connectivity index (χ3v) is 5.36. The Bertz CT molecular complexity index is 1110. The summed E-state index contributed by atoms with van der Waals surface area (Å²) in [6, 6.07) is 11.8. The third-order valence-electron chi connectivity index (χ3n) is 4.24. The van der Waals surface area contributed by atoms with Gasteiger partial charge in [-0.25, -0.2) is 13.4 Å². The summed E-state index contributed by atoms with van der Waals surface area (Å²) in [6.07, 6.45) is 0.963. The molecule has 8 nitrogen and oxygen atoms in total. The standard InChI is InChI=1S/C17H18N4O4S/c1-19(11-17-18-13-6-4-5-7-14(13)20(17)2)12-8-9-15(21(22)23)16(10-12)26(3,24)25/h4-10H,11H2,1-3H3. The molecular formula is C17H18N4O4S. The predicted octanol–water partition coefficient (Wildman–Crippen LogP) is 2.52. The minimum absolute atomic E-state index is 0.295. The topological polar surface area (TPSA) is 98.3 Å². The molecule has 0 bridgehead atoms. The first kappa shape index (κ1) is 17.9. The molecule has 3 rings (SSSR count). The average Bonchev–Trinajstić information content (AvgIpc) is 2.89. The fraction of sp³-hybridized carbons (Fsp3) is 0.235. The van der Waals surface area contributed by atoms with Crippen LogP contribution in [0.3, 0.4) is 0 Å². The van der Waals surface area contributed by atoms with E-state index in [-0.39, 0.29) is 4.90 Å². The van der Waals surface area contributed by atoms with Crippen molar-refractivity contribution in [3.8, 4) is 0 Å². The predicted molar refractivity (Wildman–Crippen MR) is 99.0 cm³/mol. The maximum atomic E-state index is 11.9. The lowest BCUT2D eigenvalue weighted by molar-refractivity contribution is -0.387. The highest BCUT2D eigenvalue weighted by Gasteiger charge is 2.23. The first-order valence-electron chi connectivity index (χ1n) is 7.78. The molecule has 3 aromatic rings. The van der Waals surface area contributed by atoms with Crippen LogP contribution in [0.4, 0.5) is 11.4 Å². The van der Waals surface area contributed by atoms with Crippen LogP contribution < -0.4 is 4.90 Å². The molecule has 0 atom stereocenters. The zero-order valence-electron chi connectivity index (χ0n) is 14.6. The van der Waals surface area contributed by atoms with Gasteiger partial charge in [0.05, 0.1) is 22.5 Å². The van der Waals surface area contributed by atoms with E-state index in [4.69, 9.17) is 0 Å². The molecule has 0 radical (unpaired) electrons. The Labute approximate surface area is 150 Å². The van der Waals surface area contributed by atoms with Crippen LogP contribution in [0.1, 0.15) is 5.82 Å². The second kappa shape index (κ2) is 6.41. The van der Waals surface area contributed by atoms with Gasteiger partial charge in [0.1, 0.15) is 10.7 Å². The summed E-state index contributed by atoms with van der Waals surface area (Å²) in [5.74, 6) is 0.799. The summed E-state index contributed by atoms with van der Waals surface area (Å²) >= 11 is 0. The van der Waals surface area contributed by atoms with Gasteiger partial charge in [-0.3, -0.25) is 10.1 Å². The van der Waals surface area contributed by atoms with E-state index >= 15 is 0 Å². The number of nitro benzene ring substituents is 1. The molecule has 0 aliphatic carbocycles. The normalized spacial score (nSPS) is 11.7. The fourth-order valence-electron chi connectivity index (χ4n) is 2.83. The van der Waals surface area contributed by atoms with Crippen LogP contribution in [0.25, 0.3) is 11.0 Å². The Morgan fingerprint density at radius 3 is 2.54 bits per heavy atom. The van der Waals surface area contributed by atoms with Gasteiger partial charge >= 0.3 is 0 Å². The van der Waals surface area contributed by atoms with Crippen molar-refractivity contribution < 1.29 is 13.3 Å². The number of nitrogens with zero attached hydrogens (tertiary/aromatic N) is 4. The van der Waals surface area contributed by atoms with Crippen molar-refractivity contribution in [3.05, 3.63) is 58.4 Å². The van der Waals surface area contributed by atoms with Gasteiger partial charge in [-0.05, 0) is 24.3 Å². The number of imidazole rings is 1. The quantitative estimate of drug-likeness (QED) is 0.503. The maximum Gasteiger partial charge on any atom is 0.288 e. The highest BCUT2D eigenvalue weighted by Crippen LogP contribution is 2.29. The Hall–Kier alpha value is -2.94. The summed E-state index contributed by atoms with van der Waals surface area (Å²) in [5.41, 5.74) is 2.01. The van der Waals surface area contributed by atoms with Crippen molar-refractivity contribution >= 4 is 32.2 Å². The monoisotopic (exact) mass is 374 g/mol. The number of hydrogen-bond acceptors (Lipinski definition) is 6. The lowest BCUT2D eigenvalue weighted by atomic mass is 10.2. The van der Waals surface area contributed by atoms with Crippen molar-refractivity contribution in [2.24, 2.45) is 7.05 Å². The number of benzene rings is 2. The number of aryl methyl sites for hydroxylation is 1. The fourth-order valence-corrected chi connectivity index (χ4v) is 3.69. The zero-order valence-corrected chi connectivity index (χ0v) is 15.4. The van der Waals surface area contributed by atoms with E-state index in [1.54, 1.807) is 11.9 Å². The molecule has 0 saturated carbocycles. The van der Waals surface area contributed by atoms with Gasteiger partial charge in [0.25, 0.3) is 5.69 Å². The smallest absolute Gasteiger partial charge is 0.288 e. The number of para-hydroxylation sites is 2. The third kappa shape index (κ3) is 3.25. The number of anilines is 1. The number of aromatic nitrogens is 2. The summed E-state index contributed by atoms with van der Waals surface area (Å²) in [5, 5.41) is 11.1. The van der Waals surface area contributed by atoms with Crippen LogP contribution >= 0.6 is 0 Å². The maximum absolute atomic E-state index is 11.9. The van der Waals surface area contributed by atoms with Crippen LogP contribution in [0.15, 0.2) is 47.4 Å². The van der Waals surface area contributed by atoms with E-state index in [1.165, 1.54) is 18.2 Å². The van der Waals surface area contributed by atoms with Crippen molar-refractivity contribution in [3.63, 3.8) is 0 Å². The van der Waals surface area contributed by atoms with E-state index < -0.39 is 20.4 Å². The van der Waals surface area contributed by atoms with E-state index in [0.29, 0.717) is 12.2 Å². The molecule has 1 aromatic heterocycles. The number of hydrogen-bond donors (Lipinski definition) is 0. The van der Waals surface area contributed by atoms with E-state index in [1.807, 2.05) is 35.9 Å². The van der Waals surface area contributed by atoms with Crippen molar-refractivity contribution in [2.75, 3.05) is 18.2 Å². The van der Waals surface area contributed by atoms with Crippen LogP contribution in [-0.2, 0) is 23.4 Å². The average molecular weight is 374 g/mol. The lowest BCUT2D eigenvalue weighted by Gasteiger charge is -2.19. The van der Waals surface area contributed by atoms with Gasteiger partial charge in [0.15, 0.2) is 9.84 Å². The molecule has 0 unspecified atom stereocenters. The molecule has 0 aliphatic rings. The van der Waals surface area contributed by atoms with Gasteiger partial charge in [0.2, 0.25) is 0 Å². The first-order chi connectivity index (χ1) is 12.2. The van der Waals surface area contributed by atoms with Crippen LogP contribution in [0.5, 0.6) is 0 Å². The Kier molecular flexibility index (Phi) is 4.41. The molecule has 136 valence electrons. The first-order valence-corrected chi connectivity index (χ1v) is 9.67. The molecule has 0 saturated heterocycles. The molecule has 0 N–H and O–H groups in total. The molecule has 0 fully saturated rings. The number of sulfone groups is 1. The van der Waals surface area contributed by atoms with E-state index in [2.05, 4.69) is 4.98 Å². The molecule has 2 aromatic carbocycles. The number of fused-ring (bicyclic) bond motifs is 1. The SMILES string of the molecule is CN(Cc1nc2ccccc2n1C)c1ccc([N+](=O)[O-])c(S(C)(=O)=O)c1. The zero-order chi connectivity index (χ0) is 19.1. The Balaban J connectivity index is 1.98. The van der Waals surface area contributed by atoms with Crippen molar-refractivity contribution in [2.45, 2.75) is 11.4 Å². The highest BCUT2D eigenvalue weighted by molar-refractivity contribution is 7.90.